The second-order valence-electron chi connectivity index (χ2n) is 4.31. The van der Waals surface area contributed by atoms with Crippen LogP contribution >= 0.6 is 11.3 Å². The normalized spacial score (nSPS) is 11.9. The molecule has 0 amide bonds. The highest BCUT2D eigenvalue weighted by molar-refractivity contribution is 7.09. The predicted molar refractivity (Wildman–Crippen MR) is 61.7 cm³/mol. The topological polar surface area (TPSA) is 21.3 Å². The van der Waals surface area contributed by atoms with Crippen molar-refractivity contribution in [1.29, 1.82) is 0 Å². The van der Waals surface area contributed by atoms with E-state index in [0.717, 1.165) is 19.8 Å². The highest BCUT2D eigenvalue weighted by Crippen LogP contribution is 2.09. The number of thiophene rings is 1. The lowest BCUT2D eigenvalue weighted by Crippen LogP contribution is -2.37. The van der Waals surface area contributed by atoms with E-state index in [1.165, 1.54) is 4.88 Å². The van der Waals surface area contributed by atoms with E-state index < -0.39 is 0 Å². The number of rotatable bonds is 5. The third-order valence-corrected chi connectivity index (χ3v) is 2.58. The summed E-state index contributed by atoms with van der Waals surface area (Å²) in [5.41, 5.74) is 0.187. The second-order valence-corrected chi connectivity index (χ2v) is 5.34. The quantitative estimate of drug-likeness (QED) is 0.759. The van der Waals surface area contributed by atoms with Crippen LogP contribution in [0, 0.1) is 0 Å². The first kappa shape index (κ1) is 11.7. The SMILES string of the molecule is CC(C)(C)NCCOCc1cccs1. The standard InChI is InChI=1S/C11H19NOS/c1-11(2,3)12-6-7-13-9-10-5-4-8-14-10/h4-5,8,12H,6-7,9H2,1-3H3. The number of ether oxygens (including phenoxy) is 1. The summed E-state index contributed by atoms with van der Waals surface area (Å²) in [6.07, 6.45) is 0. The Bertz CT molecular complexity index is 238. The molecule has 1 rings (SSSR count). The number of nitrogens with one attached hydrogen (secondary N) is 1. The molecule has 0 aliphatic rings. The van der Waals surface area contributed by atoms with Crippen LogP contribution < -0.4 is 5.32 Å². The third-order valence-electron chi connectivity index (χ3n) is 1.73. The number of hydrogen-bond acceptors (Lipinski definition) is 3. The molecule has 0 fully saturated rings. The van der Waals surface area contributed by atoms with Crippen molar-refractivity contribution in [3.05, 3.63) is 22.4 Å². The van der Waals surface area contributed by atoms with Crippen LogP contribution in [-0.4, -0.2) is 18.7 Å². The summed E-state index contributed by atoms with van der Waals surface area (Å²) in [7, 11) is 0. The molecule has 3 heteroatoms. The van der Waals surface area contributed by atoms with Gasteiger partial charge < -0.3 is 10.1 Å². The summed E-state index contributed by atoms with van der Waals surface area (Å²) < 4.78 is 5.52. The van der Waals surface area contributed by atoms with Crippen molar-refractivity contribution in [2.24, 2.45) is 0 Å². The molecule has 1 aromatic rings. The minimum absolute atomic E-state index is 0.187. The van der Waals surface area contributed by atoms with Gasteiger partial charge in [-0.3, -0.25) is 0 Å². The van der Waals surface area contributed by atoms with Crippen molar-refractivity contribution in [3.8, 4) is 0 Å². The zero-order chi connectivity index (χ0) is 10.4. The van der Waals surface area contributed by atoms with Gasteiger partial charge in [-0.1, -0.05) is 6.07 Å². The first-order chi connectivity index (χ1) is 6.58. The van der Waals surface area contributed by atoms with Crippen molar-refractivity contribution in [3.63, 3.8) is 0 Å². The summed E-state index contributed by atoms with van der Waals surface area (Å²) in [5, 5.41) is 5.46. The van der Waals surface area contributed by atoms with Gasteiger partial charge in [0.15, 0.2) is 0 Å². The zero-order valence-electron chi connectivity index (χ0n) is 9.17. The van der Waals surface area contributed by atoms with Crippen molar-refractivity contribution in [2.75, 3.05) is 13.2 Å². The fraction of sp³-hybridized carbons (Fsp3) is 0.636. The van der Waals surface area contributed by atoms with Crippen molar-refractivity contribution in [1.82, 2.24) is 5.32 Å². The third kappa shape index (κ3) is 5.37. The van der Waals surface area contributed by atoms with Gasteiger partial charge in [-0.25, -0.2) is 0 Å². The average molecular weight is 213 g/mol. The minimum Gasteiger partial charge on any atom is -0.375 e. The molecule has 0 aromatic carbocycles. The maximum absolute atomic E-state index is 5.52. The minimum atomic E-state index is 0.187. The van der Waals surface area contributed by atoms with Crippen LogP contribution in [0.25, 0.3) is 0 Å². The van der Waals surface area contributed by atoms with Crippen molar-refractivity contribution >= 4 is 11.3 Å². The Balaban J connectivity index is 2.00. The van der Waals surface area contributed by atoms with E-state index in [2.05, 4.69) is 43.6 Å². The molecule has 0 spiro atoms. The predicted octanol–water partition coefficient (Wildman–Crippen LogP) is 2.65. The van der Waals surface area contributed by atoms with Crippen LogP contribution in [0.1, 0.15) is 25.6 Å². The Labute approximate surface area is 90.3 Å². The largest absolute Gasteiger partial charge is 0.375 e. The molecule has 80 valence electrons. The average Bonchev–Trinajstić information content (AvgIpc) is 2.54. The van der Waals surface area contributed by atoms with Gasteiger partial charge in [-0.15, -0.1) is 11.3 Å². The Kier molecular flexibility index (Phi) is 4.58. The molecule has 1 N–H and O–H groups in total. The molecule has 0 radical (unpaired) electrons. The van der Waals surface area contributed by atoms with E-state index in [1.807, 2.05) is 0 Å². The van der Waals surface area contributed by atoms with Crippen LogP contribution in [0.3, 0.4) is 0 Å². The molecule has 0 aliphatic carbocycles. The molecule has 0 atom stereocenters. The summed E-state index contributed by atoms with van der Waals surface area (Å²) in [6, 6.07) is 4.15. The molecule has 14 heavy (non-hydrogen) atoms. The molecule has 0 bridgehead atoms. The first-order valence-corrected chi connectivity index (χ1v) is 5.81. The monoisotopic (exact) mass is 213 g/mol. The van der Waals surface area contributed by atoms with Crippen LogP contribution in [-0.2, 0) is 11.3 Å². The summed E-state index contributed by atoms with van der Waals surface area (Å²) >= 11 is 1.74. The van der Waals surface area contributed by atoms with Gasteiger partial charge in [0.25, 0.3) is 0 Å². The molecular weight excluding hydrogens is 194 g/mol. The molecular formula is C11H19NOS. The fourth-order valence-electron chi connectivity index (χ4n) is 1.07. The lowest BCUT2D eigenvalue weighted by molar-refractivity contribution is 0.120. The summed E-state index contributed by atoms with van der Waals surface area (Å²) in [5.74, 6) is 0. The first-order valence-electron chi connectivity index (χ1n) is 4.93. The van der Waals surface area contributed by atoms with Crippen molar-refractivity contribution < 1.29 is 4.74 Å². The summed E-state index contributed by atoms with van der Waals surface area (Å²) in [4.78, 5) is 1.29. The van der Waals surface area contributed by atoms with E-state index in [0.29, 0.717) is 0 Å². The van der Waals surface area contributed by atoms with Crippen LogP contribution in [0.15, 0.2) is 17.5 Å². The Morgan fingerprint density at radius 2 is 2.21 bits per heavy atom. The number of hydrogen-bond donors (Lipinski definition) is 1. The van der Waals surface area contributed by atoms with Gasteiger partial charge in [-0.05, 0) is 32.2 Å². The van der Waals surface area contributed by atoms with Crippen molar-refractivity contribution in [2.45, 2.75) is 32.9 Å². The molecule has 2 nitrogen and oxygen atoms in total. The highest BCUT2D eigenvalue weighted by atomic mass is 32.1. The fourth-order valence-corrected chi connectivity index (χ4v) is 1.71. The van der Waals surface area contributed by atoms with Crippen LogP contribution in [0.4, 0.5) is 0 Å². The van der Waals surface area contributed by atoms with E-state index in [4.69, 9.17) is 4.74 Å². The van der Waals surface area contributed by atoms with Gasteiger partial charge >= 0.3 is 0 Å². The van der Waals surface area contributed by atoms with Gasteiger partial charge in [-0.2, -0.15) is 0 Å². The maximum atomic E-state index is 5.52. The van der Waals surface area contributed by atoms with Gasteiger partial charge in [0.1, 0.15) is 0 Å². The lowest BCUT2D eigenvalue weighted by Gasteiger charge is -2.20. The molecule has 1 heterocycles. The van der Waals surface area contributed by atoms with Gasteiger partial charge in [0, 0.05) is 17.0 Å². The molecule has 0 aliphatic heterocycles. The van der Waals surface area contributed by atoms with E-state index in [9.17, 15) is 0 Å². The highest BCUT2D eigenvalue weighted by Gasteiger charge is 2.06. The van der Waals surface area contributed by atoms with E-state index >= 15 is 0 Å². The summed E-state index contributed by atoms with van der Waals surface area (Å²) in [6.45, 7) is 8.90. The van der Waals surface area contributed by atoms with Gasteiger partial charge in [0.05, 0.1) is 13.2 Å². The zero-order valence-corrected chi connectivity index (χ0v) is 9.99. The lowest BCUT2D eigenvalue weighted by atomic mass is 10.1. The molecule has 0 saturated heterocycles. The van der Waals surface area contributed by atoms with E-state index in [1.54, 1.807) is 11.3 Å². The van der Waals surface area contributed by atoms with Crippen LogP contribution in [0.2, 0.25) is 0 Å². The van der Waals surface area contributed by atoms with Gasteiger partial charge in [0.2, 0.25) is 0 Å². The molecule has 0 saturated carbocycles. The van der Waals surface area contributed by atoms with E-state index in [-0.39, 0.29) is 5.54 Å². The maximum Gasteiger partial charge on any atom is 0.0809 e. The Morgan fingerprint density at radius 1 is 1.43 bits per heavy atom. The second kappa shape index (κ2) is 5.49. The van der Waals surface area contributed by atoms with Crippen LogP contribution in [0.5, 0.6) is 0 Å². The smallest absolute Gasteiger partial charge is 0.0809 e. The molecule has 0 unspecified atom stereocenters. The molecule has 1 aromatic heterocycles. The Hall–Kier alpha value is -0.380. The Morgan fingerprint density at radius 3 is 2.79 bits per heavy atom.